The summed E-state index contributed by atoms with van der Waals surface area (Å²) in [5.41, 5.74) is 2.72. The van der Waals surface area contributed by atoms with Gasteiger partial charge in [0, 0.05) is 36.5 Å². The largest absolute Gasteiger partial charge is 0.501 e. The van der Waals surface area contributed by atoms with Crippen LogP contribution in [-0.4, -0.2) is 59.1 Å². The minimum absolute atomic E-state index is 0.0595. The summed E-state index contributed by atoms with van der Waals surface area (Å²) in [5, 5.41) is 4.75. The number of rotatable bonds is 11. The van der Waals surface area contributed by atoms with Crippen molar-refractivity contribution in [2.75, 3.05) is 27.3 Å². The summed E-state index contributed by atoms with van der Waals surface area (Å²) in [6.45, 7) is 5.62. The molecule has 0 atom stereocenters. The molecule has 1 aliphatic rings. The molecule has 8 nitrogen and oxygen atoms in total. The second-order valence-electron chi connectivity index (χ2n) is 9.88. The lowest BCUT2D eigenvalue weighted by atomic mass is 9.93. The third-order valence-electron chi connectivity index (χ3n) is 7.06. The molecule has 0 bridgehead atoms. The van der Waals surface area contributed by atoms with Crippen molar-refractivity contribution >= 4 is 12.1 Å². The first-order valence-electron chi connectivity index (χ1n) is 13.9. The predicted molar refractivity (Wildman–Crippen MR) is 159 cm³/mol. The van der Waals surface area contributed by atoms with Gasteiger partial charge in [-0.3, -0.25) is 9.79 Å². The number of likely N-dealkylation sites (tertiary alicyclic amines) is 1. The first kappa shape index (κ1) is 28.8. The summed E-state index contributed by atoms with van der Waals surface area (Å²) in [7, 11) is 3.31. The van der Waals surface area contributed by atoms with Crippen molar-refractivity contribution in [2.45, 2.75) is 46.1 Å². The Bertz CT molecular complexity index is 1330. The average molecular weight is 542 g/mol. The SMILES string of the molecule is CCC=NC(=C\CC1CCN(C(=O)Cn2nc(-c3ccc(OC)cc3)nc2-c2ccccc2)CC1)/C=C(\C)OC. The highest BCUT2D eigenvalue weighted by molar-refractivity contribution is 5.77. The van der Waals surface area contributed by atoms with Crippen LogP contribution < -0.4 is 4.74 Å². The Labute approximate surface area is 237 Å². The maximum absolute atomic E-state index is 13.4. The number of amides is 1. The van der Waals surface area contributed by atoms with Gasteiger partial charge in [0.2, 0.25) is 5.91 Å². The van der Waals surface area contributed by atoms with Crippen LogP contribution in [0.1, 0.15) is 39.5 Å². The van der Waals surface area contributed by atoms with Crippen LogP contribution >= 0.6 is 0 Å². The van der Waals surface area contributed by atoms with Crippen LogP contribution in [0.4, 0.5) is 0 Å². The molecule has 1 aliphatic heterocycles. The van der Waals surface area contributed by atoms with E-state index in [1.54, 1.807) is 18.9 Å². The number of allylic oxidation sites excluding steroid dienone is 3. The van der Waals surface area contributed by atoms with Crippen LogP contribution in [0.3, 0.4) is 0 Å². The van der Waals surface area contributed by atoms with Gasteiger partial charge in [-0.2, -0.15) is 0 Å². The molecule has 8 heteroatoms. The third-order valence-corrected chi connectivity index (χ3v) is 7.06. The number of methoxy groups -OCH3 is 2. The van der Waals surface area contributed by atoms with E-state index >= 15 is 0 Å². The van der Waals surface area contributed by atoms with E-state index in [9.17, 15) is 4.79 Å². The molecule has 0 N–H and O–H groups in total. The number of benzene rings is 2. The van der Waals surface area contributed by atoms with Crippen LogP contribution in [0.25, 0.3) is 22.8 Å². The standard InChI is InChI=1S/C32H39N5O3/c1-5-19-33-28(22-24(2)39-3)14-11-25-17-20-36(21-18-25)30(38)23-37-32(27-9-7-6-8-10-27)34-31(35-37)26-12-15-29(40-4)16-13-26/h6-10,12-16,19,22,25H,5,11,17-18,20-21,23H2,1-4H3/b24-22+,28-14-,33-19?. The van der Waals surface area contributed by atoms with E-state index in [0.717, 1.165) is 67.1 Å². The Hall–Kier alpha value is -4.20. The second kappa shape index (κ2) is 14.3. The monoisotopic (exact) mass is 541 g/mol. The number of aliphatic imine (C=N–C) groups is 1. The number of carbonyl (C=O) groups excluding carboxylic acids is 1. The number of aromatic nitrogens is 3. The van der Waals surface area contributed by atoms with Crippen molar-refractivity contribution in [1.82, 2.24) is 19.7 Å². The van der Waals surface area contributed by atoms with E-state index < -0.39 is 0 Å². The lowest BCUT2D eigenvalue weighted by molar-refractivity contribution is -0.133. The zero-order chi connectivity index (χ0) is 28.3. The summed E-state index contributed by atoms with van der Waals surface area (Å²) >= 11 is 0. The van der Waals surface area contributed by atoms with Crippen molar-refractivity contribution in [3.05, 3.63) is 78.2 Å². The predicted octanol–water partition coefficient (Wildman–Crippen LogP) is 6.16. The molecule has 0 unspecified atom stereocenters. The number of hydrogen-bond donors (Lipinski definition) is 0. The molecule has 1 fully saturated rings. The van der Waals surface area contributed by atoms with Gasteiger partial charge in [-0.25, -0.2) is 9.67 Å². The quantitative estimate of drug-likeness (QED) is 0.165. The number of hydrogen-bond acceptors (Lipinski definition) is 6. The molecule has 1 saturated heterocycles. The second-order valence-corrected chi connectivity index (χ2v) is 9.88. The molecule has 0 radical (unpaired) electrons. The summed E-state index contributed by atoms with van der Waals surface area (Å²) in [6, 6.07) is 17.5. The minimum Gasteiger partial charge on any atom is -0.501 e. The Balaban J connectivity index is 1.43. The van der Waals surface area contributed by atoms with Gasteiger partial charge in [-0.15, -0.1) is 5.10 Å². The smallest absolute Gasteiger partial charge is 0.244 e. The number of carbonyl (C=O) groups is 1. The summed E-state index contributed by atoms with van der Waals surface area (Å²) in [5.74, 6) is 3.44. The lowest BCUT2D eigenvalue weighted by Gasteiger charge is -2.31. The summed E-state index contributed by atoms with van der Waals surface area (Å²) < 4.78 is 12.3. The normalized spacial score (nSPS) is 15.1. The van der Waals surface area contributed by atoms with Gasteiger partial charge in [-0.1, -0.05) is 43.3 Å². The van der Waals surface area contributed by atoms with Crippen molar-refractivity contribution in [3.63, 3.8) is 0 Å². The first-order chi connectivity index (χ1) is 19.5. The Morgan fingerprint density at radius 2 is 1.77 bits per heavy atom. The topological polar surface area (TPSA) is 81.8 Å². The molecular formula is C32H39N5O3. The molecule has 2 heterocycles. The number of ether oxygens (including phenoxy) is 2. The van der Waals surface area contributed by atoms with Gasteiger partial charge in [0.15, 0.2) is 11.6 Å². The van der Waals surface area contributed by atoms with Gasteiger partial charge in [0.05, 0.1) is 25.7 Å². The zero-order valence-corrected chi connectivity index (χ0v) is 23.9. The molecule has 1 amide bonds. The molecule has 0 aliphatic carbocycles. The van der Waals surface area contributed by atoms with Crippen molar-refractivity contribution in [2.24, 2.45) is 10.9 Å². The molecule has 2 aromatic carbocycles. The maximum Gasteiger partial charge on any atom is 0.244 e. The number of nitrogens with zero attached hydrogens (tertiary/aromatic N) is 5. The molecule has 40 heavy (non-hydrogen) atoms. The van der Waals surface area contributed by atoms with Gasteiger partial charge < -0.3 is 14.4 Å². The maximum atomic E-state index is 13.4. The van der Waals surface area contributed by atoms with Crippen LogP contribution in [0, 0.1) is 5.92 Å². The first-order valence-corrected chi connectivity index (χ1v) is 13.9. The fraction of sp³-hybridized carbons (Fsp3) is 0.375. The van der Waals surface area contributed by atoms with E-state index in [1.165, 1.54) is 0 Å². The molecule has 1 aromatic heterocycles. The van der Waals surface area contributed by atoms with E-state index in [1.807, 2.05) is 78.7 Å². The third kappa shape index (κ3) is 7.68. The molecule has 0 saturated carbocycles. The fourth-order valence-corrected chi connectivity index (χ4v) is 4.66. The summed E-state index contributed by atoms with van der Waals surface area (Å²) in [6.07, 6.45) is 9.79. The lowest BCUT2D eigenvalue weighted by Crippen LogP contribution is -2.40. The van der Waals surface area contributed by atoms with Crippen molar-refractivity contribution < 1.29 is 14.3 Å². The number of piperidine rings is 1. The fourth-order valence-electron chi connectivity index (χ4n) is 4.66. The van der Waals surface area contributed by atoms with E-state index in [2.05, 4.69) is 18.0 Å². The minimum atomic E-state index is 0.0595. The highest BCUT2D eigenvalue weighted by atomic mass is 16.5. The van der Waals surface area contributed by atoms with E-state index in [-0.39, 0.29) is 12.5 Å². The van der Waals surface area contributed by atoms with E-state index in [4.69, 9.17) is 19.6 Å². The average Bonchev–Trinajstić information content (AvgIpc) is 3.42. The zero-order valence-electron chi connectivity index (χ0n) is 23.9. The molecule has 0 spiro atoms. The molecular weight excluding hydrogens is 502 g/mol. The van der Waals surface area contributed by atoms with Gasteiger partial charge in [0.1, 0.15) is 12.3 Å². The molecule has 4 rings (SSSR count). The van der Waals surface area contributed by atoms with Crippen LogP contribution in [0.15, 0.2) is 83.2 Å². The van der Waals surface area contributed by atoms with Crippen molar-refractivity contribution in [3.8, 4) is 28.5 Å². The van der Waals surface area contributed by atoms with Gasteiger partial charge in [-0.05, 0) is 62.8 Å². The van der Waals surface area contributed by atoms with Gasteiger partial charge >= 0.3 is 0 Å². The highest BCUT2D eigenvalue weighted by Gasteiger charge is 2.24. The molecule has 210 valence electrons. The van der Waals surface area contributed by atoms with Crippen LogP contribution in [0.2, 0.25) is 0 Å². The Morgan fingerprint density at radius 3 is 2.42 bits per heavy atom. The van der Waals surface area contributed by atoms with E-state index in [0.29, 0.717) is 17.6 Å². The summed E-state index contributed by atoms with van der Waals surface area (Å²) in [4.78, 5) is 24.7. The van der Waals surface area contributed by atoms with Gasteiger partial charge in [0.25, 0.3) is 0 Å². The highest BCUT2D eigenvalue weighted by Crippen LogP contribution is 2.26. The Kier molecular flexibility index (Phi) is 10.3. The van der Waals surface area contributed by atoms with Crippen LogP contribution in [0.5, 0.6) is 5.75 Å². The van der Waals surface area contributed by atoms with Crippen molar-refractivity contribution in [1.29, 1.82) is 0 Å². The Morgan fingerprint density at radius 1 is 1.05 bits per heavy atom. The molecule has 3 aromatic rings. The van der Waals surface area contributed by atoms with Crippen LogP contribution in [-0.2, 0) is 16.1 Å².